The number of aliphatic hydroxyl groups excluding tert-OH is 1. The molecule has 0 aromatic rings. The van der Waals surface area contributed by atoms with Crippen LogP contribution in [0.25, 0.3) is 0 Å². The third-order valence-corrected chi connectivity index (χ3v) is 4.56. The van der Waals surface area contributed by atoms with Crippen molar-refractivity contribution in [1.82, 2.24) is 10.2 Å². The van der Waals surface area contributed by atoms with Crippen LogP contribution in [0.3, 0.4) is 0 Å². The van der Waals surface area contributed by atoms with Crippen LogP contribution in [-0.2, 0) is 4.79 Å². The molecule has 2 saturated heterocycles. The second kappa shape index (κ2) is 4.46. The predicted octanol–water partition coefficient (Wildman–Crippen LogP) is -1.54. The van der Waals surface area contributed by atoms with Crippen LogP contribution in [0.4, 0.5) is 0 Å². The number of amides is 1. The van der Waals surface area contributed by atoms with Crippen LogP contribution in [0.15, 0.2) is 0 Å². The van der Waals surface area contributed by atoms with E-state index in [9.17, 15) is 9.90 Å². The summed E-state index contributed by atoms with van der Waals surface area (Å²) in [4.78, 5) is 13.2. The standard InChI is InChI=1S/C10H16N4O2S/c1-6(15)8(12)9(16)14-4-10(5-14)13-7(2-11)3-17-10/h6-8,13,15H,3-5,12H2,1H3/t6-,7-,8+/m1/s1. The molecule has 17 heavy (non-hydrogen) atoms. The van der Waals surface area contributed by atoms with Gasteiger partial charge in [0, 0.05) is 5.75 Å². The number of nitrogens with one attached hydrogen (secondary N) is 1. The van der Waals surface area contributed by atoms with Gasteiger partial charge in [0.2, 0.25) is 5.91 Å². The molecule has 2 rings (SSSR count). The molecule has 1 spiro atoms. The number of likely N-dealkylation sites (tertiary alicyclic amines) is 1. The molecule has 2 heterocycles. The molecule has 0 radical (unpaired) electrons. The van der Waals surface area contributed by atoms with E-state index in [2.05, 4.69) is 11.4 Å². The Balaban J connectivity index is 1.87. The van der Waals surface area contributed by atoms with Crippen molar-refractivity contribution in [3.63, 3.8) is 0 Å². The Hall–Kier alpha value is -0.810. The monoisotopic (exact) mass is 256 g/mol. The van der Waals surface area contributed by atoms with Crippen LogP contribution in [-0.4, -0.2) is 57.8 Å². The predicted molar refractivity (Wildman–Crippen MR) is 64.0 cm³/mol. The Morgan fingerprint density at radius 2 is 2.41 bits per heavy atom. The van der Waals surface area contributed by atoms with Crippen LogP contribution in [0.1, 0.15) is 6.92 Å². The number of hydrogen-bond donors (Lipinski definition) is 3. The lowest BCUT2D eigenvalue weighted by Crippen LogP contribution is -2.69. The van der Waals surface area contributed by atoms with Crippen LogP contribution in [0.5, 0.6) is 0 Å². The van der Waals surface area contributed by atoms with Gasteiger partial charge in [0.15, 0.2) is 0 Å². The number of aliphatic hydroxyl groups is 1. The highest BCUT2D eigenvalue weighted by Crippen LogP contribution is 2.38. The molecule has 2 fully saturated rings. The normalized spacial score (nSPS) is 29.5. The number of thioether (sulfide) groups is 1. The molecule has 6 nitrogen and oxygen atoms in total. The van der Waals surface area contributed by atoms with Crippen molar-refractivity contribution >= 4 is 17.7 Å². The first-order chi connectivity index (χ1) is 7.97. The van der Waals surface area contributed by atoms with Gasteiger partial charge in [0.1, 0.15) is 17.0 Å². The zero-order chi connectivity index (χ0) is 12.6. The van der Waals surface area contributed by atoms with Gasteiger partial charge in [-0.2, -0.15) is 5.26 Å². The first-order valence-corrected chi connectivity index (χ1v) is 6.50. The minimum atomic E-state index is -0.856. The van der Waals surface area contributed by atoms with E-state index in [1.165, 1.54) is 6.92 Å². The molecule has 94 valence electrons. The summed E-state index contributed by atoms with van der Waals surface area (Å²) in [5, 5.41) is 21.3. The average molecular weight is 256 g/mol. The highest BCUT2D eigenvalue weighted by molar-refractivity contribution is 8.01. The van der Waals surface area contributed by atoms with E-state index in [0.29, 0.717) is 13.1 Å². The molecule has 0 bridgehead atoms. The number of nitriles is 1. The van der Waals surface area contributed by atoms with E-state index >= 15 is 0 Å². The number of carbonyl (C=O) groups is 1. The largest absolute Gasteiger partial charge is 0.391 e. The number of nitrogens with two attached hydrogens (primary N) is 1. The van der Waals surface area contributed by atoms with Crippen molar-refractivity contribution in [3.8, 4) is 6.07 Å². The molecule has 0 aromatic heterocycles. The van der Waals surface area contributed by atoms with Crippen molar-refractivity contribution in [3.05, 3.63) is 0 Å². The average Bonchev–Trinajstić information content (AvgIpc) is 2.69. The first kappa shape index (κ1) is 12.6. The van der Waals surface area contributed by atoms with Gasteiger partial charge in [-0.1, -0.05) is 0 Å². The fourth-order valence-electron chi connectivity index (χ4n) is 2.04. The molecule has 0 unspecified atom stereocenters. The Kier molecular flexibility index (Phi) is 3.32. The molecule has 1 amide bonds. The lowest BCUT2D eigenvalue weighted by molar-refractivity contribution is -0.140. The SMILES string of the molecule is C[C@@H](O)[C@H](N)C(=O)N1CC2(C1)N[C@H](C#N)CS2. The topological polar surface area (TPSA) is 102 Å². The number of hydrogen-bond acceptors (Lipinski definition) is 6. The van der Waals surface area contributed by atoms with Crippen LogP contribution < -0.4 is 11.1 Å². The van der Waals surface area contributed by atoms with E-state index in [-0.39, 0.29) is 16.8 Å². The summed E-state index contributed by atoms with van der Waals surface area (Å²) in [5.74, 6) is 0.523. The van der Waals surface area contributed by atoms with Gasteiger partial charge in [-0.25, -0.2) is 0 Å². The fourth-order valence-corrected chi connectivity index (χ4v) is 3.40. The third kappa shape index (κ3) is 2.26. The minimum Gasteiger partial charge on any atom is -0.391 e. The molecule has 7 heteroatoms. The Bertz CT molecular complexity index is 362. The molecular weight excluding hydrogens is 240 g/mol. The zero-order valence-corrected chi connectivity index (χ0v) is 10.4. The Morgan fingerprint density at radius 3 is 2.88 bits per heavy atom. The van der Waals surface area contributed by atoms with Gasteiger partial charge in [-0.05, 0) is 6.92 Å². The number of rotatable bonds is 2. The first-order valence-electron chi connectivity index (χ1n) is 5.51. The molecule has 3 atom stereocenters. The summed E-state index contributed by atoms with van der Waals surface area (Å²) >= 11 is 1.67. The molecule has 4 N–H and O–H groups in total. The van der Waals surface area contributed by atoms with Crippen molar-refractivity contribution in [2.45, 2.75) is 30.0 Å². The summed E-state index contributed by atoms with van der Waals surface area (Å²) in [5.41, 5.74) is 5.59. The summed E-state index contributed by atoms with van der Waals surface area (Å²) in [6, 6.07) is 1.18. The van der Waals surface area contributed by atoms with Crippen molar-refractivity contribution in [2.75, 3.05) is 18.8 Å². The van der Waals surface area contributed by atoms with Crippen molar-refractivity contribution in [1.29, 1.82) is 5.26 Å². The quantitative estimate of drug-likeness (QED) is 0.553. The second-order valence-corrected chi connectivity index (χ2v) is 6.00. The molecule has 0 aliphatic carbocycles. The maximum atomic E-state index is 11.8. The van der Waals surface area contributed by atoms with E-state index in [1.54, 1.807) is 16.7 Å². The molecule has 2 aliphatic heterocycles. The van der Waals surface area contributed by atoms with Gasteiger partial charge >= 0.3 is 0 Å². The molecular formula is C10H16N4O2S. The smallest absolute Gasteiger partial charge is 0.242 e. The highest BCUT2D eigenvalue weighted by atomic mass is 32.2. The fraction of sp³-hybridized carbons (Fsp3) is 0.800. The van der Waals surface area contributed by atoms with E-state index in [4.69, 9.17) is 11.0 Å². The van der Waals surface area contributed by atoms with Crippen molar-refractivity contribution in [2.24, 2.45) is 5.73 Å². The lowest BCUT2D eigenvalue weighted by Gasteiger charge is -2.48. The Labute approximate surface area is 104 Å². The number of carbonyl (C=O) groups excluding carboxylic acids is 1. The molecule has 0 saturated carbocycles. The van der Waals surface area contributed by atoms with Crippen LogP contribution in [0.2, 0.25) is 0 Å². The van der Waals surface area contributed by atoms with E-state index < -0.39 is 12.1 Å². The van der Waals surface area contributed by atoms with Gasteiger partial charge in [-0.15, -0.1) is 11.8 Å². The zero-order valence-electron chi connectivity index (χ0n) is 9.59. The van der Waals surface area contributed by atoms with E-state index in [0.717, 1.165) is 5.75 Å². The second-order valence-electron chi connectivity index (χ2n) is 4.59. The summed E-state index contributed by atoms with van der Waals surface area (Å²) in [6.45, 7) is 2.61. The summed E-state index contributed by atoms with van der Waals surface area (Å²) in [7, 11) is 0. The minimum absolute atomic E-state index is 0.136. The maximum Gasteiger partial charge on any atom is 0.242 e. The Morgan fingerprint density at radius 1 is 1.76 bits per heavy atom. The van der Waals surface area contributed by atoms with Gasteiger partial charge < -0.3 is 15.7 Å². The van der Waals surface area contributed by atoms with Crippen LogP contribution in [0, 0.1) is 11.3 Å². The van der Waals surface area contributed by atoms with Gasteiger partial charge in [0.25, 0.3) is 0 Å². The third-order valence-electron chi connectivity index (χ3n) is 3.13. The summed E-state index contributed by atoms with van der Waals surface area (Å²) < 4.78 is 0. The molecule has 0 aromatic carbocycles. The summed E-state index contributed by atoms with van der Waals surface area (Å²) in [6.07, 6.45) is -0.838. The van der Waals surface area contributed by atoms with Crippen LogP contribution >= 0.6 is 11.8 Å². The lowest BCUT2D eigenvalue weighted by atomic mass is 10.0. The van der Waals surface area contributed by atoms with Gasteiger partial charge in [-0.3, -0.25) is 10.1 Å². The maximum absolute atomic E-state index is 11.8. The van der Waals surface area contributed by atoms with E-state index in [1.807, 2.05) is 0 Å². The molecule has 2 aliphatic rings. The highest BCUT2D eigenvalue weighted by Gasteiger charge is 2.51. The van der Waals surface area contributed by atoms with Gasteiger partial charge in [0.05, 0.1) is 25.3 Å². The van der Waals surface area contributed by atoms with Crippen molar-refractivity contribution < 1.29 is 9.90 Å². The number of nitrogens with zero attached hydrogens (tertiary/aromatic N) is 2.